The number of carbonyl (C=O) groups is 1. The first-order valence-electron chi connectivity index (χ1n) is 7.32. The Kier molecular flexibility index (Phi) is 6.17. The zero-order chi connectivity index (χ0) is 15.1. The van der Waals surface area contributed by atoms with E-state index in [-0.39, 0.29) is 18.6 Å². The highest BCUT2D eigenvalue weighted by atomic mass is 16.5. The van der Waals surface area contributed by atoms with Crippen LogP contribution in [0.1, 0.15) is 18.4 Å². The lowest BCUT2D eigenvalue weighted by molar-refractivity contribution is -0.146. The Bertz CT molecular complexity index is 437. The summed E-state index contributed by atoms with van der Waals surface area (Å²) in [4.78, 5) is 13.6. The minimum atomic E-state index is -0.598. The number of nitrogens with zero attached hydrogens (tertiary/aromatic N) is 1. The quantitative estimate of drug-likeness (QED) is 0.766. The van der Waals surface area contributed by atoms with E-state index in [9.17, 15) is 9.90 Å². The number of ether oxygens (including phenoxy) is 2. The van der Waals surface area contributed by atoms with Gasteiger partial charge in [-0.05, 0) is 24.9 Å². The summed E-state index contributed by atoms with van der Waals surface area (Å²) >= 11 is 0. The summed E-state index contributed by atoms with van der Waals surface area (Å²) in [5, 5.41) is 10.0. The zero-order valence-electron chi connectivity index (χ0n) is 12.4. The van der Waals surface area contributed by atoms with E-state index in [2.05, 4.69) is 0 Å². The van der Waals surface area contributed by atoms with Crippen LogP contribution < -0.4 is 0 Å². The highest BCUT2D eigenvalue weighted by Crippen LogP contribution is 2.18. The largest absolute Gasteiger partial charge is 0.468 e. The molecule has 0 saturated carbocycles. The first kappa shape index (κ1) is 15.9. The summed E-state index contributed by atoms with van der Waals surface area (Å²) in [5.41, 5.74) is 1.08. The number of aliphatic hydroxyl groups excluding tert-OH is 1. The number of methoxy groups -OCH3 is 1. The molecule has 0 bridgehead atoms. The van der Waals surface area contributed by atoms with Crippen molar-refractivity contribution in [2.45, 2.75) is 31.6 Å². The summed E-state index contributed by atoms with van der Waals surface area (Å²) in [6, 6.07) is 9.62. The van der Waals surface area contributed by atoms with E-state index in [0.29, 0.717) is 13.2 Å². The SMILES string of the molecule is COC(=O)[C@H]1CCCN1C[C@@H](O)COCc1ccccc1. The van der Waals surface area contributed by atoms with Crippen LogP contribution in [0.3, 0.4) is 0 Å². The van der Waals surface area contributed by atoms with Gasteiger partial charge in [-0.15, -0.1) is 0 Å². The van der Waals surface area contributed by atoms with Gasteiger partial charge in [0.05, 0.1) is 26.4 Å². The van der Waals surface area contributed by atoms with E-state index in [1.807, 2.05) is 35.2 Å². The van der Waals surface area contributed by atoms with Gasteiger partial charge in [0, 0.05) is 6.54 Å². The Morgan fingerprint density at radius 3 is 2.90 bits per heavy atom. The van der Waals surface area contributed by atoms with Crippen LogP contribution in [0.2, 0.25) is 0 Å². The Balaban J connectivity index is 1.71. The number of esters is 1. The molecule has 1 aliphatic heterocycles. The van der Waals surface area contributed by atoms with Crippen molar-refractivity contribution in [2.75, 3.05) is 26.8 Å². The van der Waals surface area contributed by atoms with Gasteiger partial charge in [0.15, 0.2) is 0 Å². The summed E-state index contributed by atoms with van der Waals surface area (Å²) in [6.07, 6.45) is 1.15. The molecule has 5 nitrogen and oxygen atoms in total. The van der Waals surface area contributed by atoms with Gasteiger partial charge in [-0.25, -0.2) is 0 Å². The molecule has 2 atom stereocenters. The number of benzene rings is 1. The molecule has 0 radical (unpaired) electrons. The zero-order valence-corrected chi connectivity index (χ0v) is 12.4. The Hall–Kier alpha value is -1.43. The molecule has 0 spiro atoms. The summed E-state index contributed by atoms with van der Waals surface area (Å²) in [6.45, 7) is 2.00. The third-order valence-electron chi connectivity index (χ3n) is 3.70. The van der Waals surface area contributed by atoms with Crippen molar-refractivity contribution in [3.8, 4) is 0 Å². The molecular formula is C16H23NO4. The standard InChI is InChI=1S/C16H23NO4/c1-20-16(19)15-8-5-9-17(15)10-14(18)12-21-11-13-6-3-2-4-7-13/h2-4,6-7,14-15,18H,5,8-12H2,1H3/t14-,15-/m1/s1. The van der Waals surface area contributed by atoms with E-state index in [4.69, 9.17) is 9.47 Å². The van der Waals surface area contributed by atoms with Crippen molar-refractivity contribution >= 4 is 5.97 Å². The maximum absolute atomic E-state index is 11.6. The molecule has 1 N–H and O–H groups in total. The van der Waals surface area contributed by atoms with Gasteiger partial charge in [-0.2, -0.15) is 0 Å². The number of hydrogen-bond acceptors (Lipinski definition) is 5. The van der Waals surface area contributed by atoms with Crippen LogP contribution >= 0.6 is 0 Å². The topological polar surface area (TPSA) is 59.0 Å². The van der Waals surface area contributed by atoms with Gasteiger partial charge in [0.25, 0.3) is 0 Å². The van der Waals surface area contributed by atoms with Crippen LogP contribution in [0.15, 0.2) is 30.3 Å². The highest BCUT2D eigenvalue weighted by molar-refractivity contribution is 5.75. The first-order chi connectivity index (χ1) is 10.2. The van der Waals surface area contributed by atoms with Crippen LogP contribution in [0.25, 0.3) is 0 Å². The fraction of sp³-hybridized carbons (Fsp3) is 0.562. The second-order valence-corrected chi connectivity index (χ2v) is 5.33. The highest BCUT2D eigenvalue weighted by Gasteiger charge is 2.32. The van der Waals surface area contributed by atoms with E-state index >= 15 is 0 Å². The van der Waals surface area contributed by atoms with Gasteiger partial charge in [-0.1, -0.05) is 30.3 Å². The van der Waals surface area contributed by atoms with Crippen molar-refractivity contribution in [1.29, 1.82) is 0 Å². The average molecular weight is 293 g/mol. The lowest BCUT2D eigenvalue weighted by Crippen LogP contribution is -2.42. The molecule has 0 aromatic heterocycles. The molecule has 0 aliphatic carbocycles. The molecule has 1 aliphatic rings. The van der Waals surface area contributed by atoms with Crippen LogP contribution in [-0.2, 0) is 20.9 Å². The molecule has 116 valence electrons. The number of carbonyl (C=O) groups excluding carboxylic acids is 1. The maximum atomic E-state index is 11.6. The predicted octanol–water partition coefficient (Wildman–Crippen LogP) is 1.20. The number of rotatable bonds is 7. The van der Waals surface area contributed by atoms with Crippen LogP contribution in [-0.4, -0.2) is 54.9 Å². The van der Waals surface area contributed by atoms with Gasteiger partial charge >= 0.3 is 5.97 Å². The Morgan fingerprint density at radius 1 is 1.43 bits per heavy atom. The van der Waals surface area contributed by atoms with Crippen LogP contribution in [0, 0.1) is 0 Å². The van der Waals surface area contributed by atoms with Crippen molar-refractivity contribution < 1.29 is 19.4 Å². The minimum Gasteiger partial charge on any atom is -0.468 e. The van der Waals surface area contributed by atoms with Gasteiger partial charge < -0.3 is 14.6 Å². The van der Waals surface area contributed by atoms with E-state index in [1.54, 1.807) is 0 Å². The minimum absolute atomic E-state index is 0.218. The van der Waals surface area contributed by atoms with Crippen molar-refractivity contribution in [3.05, 3.63) is 35.9 Å². The third kappa shape index (κ3) is 4.81. The lowest BCUT2D eigenvalue weighted by Gasteiger charge is -2.24. The summed E-state index contributed by atoms with van der Waals surface area (Å²) in [7, 11) is 1.40. The molecule has 1 aromatic rings. The molecule has 0 unspecified atom stereocenters. The van der Waals surface area contributed by atoms with Crippen LogP contribution in [0.4, 0.5) is 0 Å². The third-order valence-corrected chi connectivity index (χ3v) is 3.70. The molecule has 1 saturated heterocycles. The fourth-order valence-corrected chi connectivity index (χ4v) is 2.66. The maximum Gasteiger partial charge on any atom is 0.323 e. The molecule has 0 amide bonds. The second kappa shape index (κ2) is 8.12. The molecule has 1 aromatic carbocycles. The second-order valence-electron chi connectivity index (χ2n) is 5.33. The molecule has 5 heteroatoms. The first-order valence-corrected chi connectivity index (χ1v) is 7.32. The summed E-state index contributed by atoms with van der Waals surface area (Å²) < 4.78 is 10.3. The smallest absolute Gasteiger partial charge is 0.323 e. The molecule has 1 heterocycles. The molecular weight excluding hydrogens is 270 g/mol. The molecule has 1 fully saturated rings. The van der Waals surface area contributed by atoms with E-state index in [1.165, 1.54) is 7.11 Å². The molecule has 21 heavy (non-hydrogen) atoms. The number of β-amino-alcohol motifs (C(OH)–C–C–N with tert-alkyl or cyclic N) is 1. The Labute approximate surface area is 125 Å². The average Bonchev–Trinajstić information content (AvgIpc) is 2.95. The van der Waals surface area contributed by atoms with Gasteiger partial charge in [0.1, 0.15) is 6.04 Å². The lowest BCUT2D eigenvalue weighted by atomic mass is 10.2. The van der Waals surface area contributed by atoms with E-state index in [0.717, 1.165) is 24.9 Å². The number of likely N-dealkylation sites (tertiary alicyclic amines) is 1. The fourth-order valence-electron chi connectivity index (χ4n) is 2.66. The van der Waals surface area contributed by atoms with Crippen molar-refractivity contribution in [3.63, 3.8) is 0 Å². The number of aliphatic hydroxyl groups is 1. The predicted molar refractivity (Wildman–Crippen MR) is 78.7 cm³/mol. The monoisotopic (exact) mass is 293 g/mol. The molecule has 2 rings (SSSR count). The number of hydrogen-bond donors (Lipinski definition) is 1. The van der Waals surface area contributed by atoms with E-state index < -0.39 is 6.10 Å². The van der Waals surface area contributed by atoms with Gasteiger partial charge in [-0.3, -0.25) is 9.69 Å². The van der Waals surface area contributed by atoms with Gasteiger partial charge in [0.2, 0.25) is 0 Å². The van der Waals surface area contributed by atoms with Crippen molar-refractivity contribution in [2.24, 2.45) is 0 Å². The Morgan fingerprint density at radius 2 is 2.19 bits per heavy atom. The summed E-state index contributed by atoms with van der Waals surface area (Å²) in [5.74, 6) is -0.218. The normalized spacial score (nSPS) is 20.4. The van der Waals surface area contributed by atoms with Crippen molar-refractivity contribution in [1.82, 2.24) is 4.90 Å². The van der Waals surface area contributed by atoms with Crippen LogP contribution in [0.5, 0.6) is 0 Å².